The van der Waals surface area contributed by atoms with Crippen molar-refractivity contribution in [1.29, 1.82) is 0 Å². The number of carbonyl (C=O) groups excluding carboxylic acids is 1. The van der Waals surface area contributed by atoms with Crippen LogP contribution in [0.3, 0.4) is 0 Å². The second-order valence-electron chi connectivity index (χ2n) is 3.98. The number of sulfone groups is 1. The van der Waals surface area contributed by atoms with Gasteiger partial charge in [-0.25, -0.2) is 8.42 Å². The van der Waals surface area contributed by atoms with E-state index in [-0.39, 0.29) is 23.7 Å². The largest absolute Gasteiger partial charge is 0.493 e. The minimum Gasteiger partial charge on any atom is -0.493 e. The molecule has 106 valence electrons. The van der Waals surface area contributed by atoms with Crippen LogP contribution in [0.1, 0.15) is 16.8 Å². The van der Waals surface area contributed by atoms with Crippen molar-refractivity contribution in [1.82, 2.24) is 0 Å². The van der Waals surface area contributed by atoms with Gasteiger partial charge in [-0.3, -0.25) is 4.79 Å². The maximum absolute atomic E-state index is 11.0. The molecule has 19 heavy (non-hydrogen) atoms. The molecule has 1 aromatic rings. The van der Waals surface area contributed by atoms with Crippen molar-refractivity contribution in [3.8, 4) is 11.5 Å². The van der Waals surface area contributed by atoms with Gasteiger partial charge in [0.15, 0.2) is 17.8 Å². The van der Waals surface area contributed by atoms with E-state index in [0.29, 0.717) is 23.5 Å². The molecule has 0 spiro atoms. The fraction of sp³-hybridized carbons (Fsp3) is 0.417. The molecule has 1 rings (SSSR count). The molecule has 0 radical (unpaired) electrons. The molecule has 0 saturated heterocycles. The van der Waals surface area contributed by atoms with E-state index in [1.807, 2.05) is 0 Å². The number of hydrogen-bond donors (Lipinski definition) is 0. The van der Waals surface area contributed by atoms with Crippen molar-refractivity contribution >= 4 is 27.7 Å². The second-order valence-corrected chi connectivity index (χ2v) is 6.67. The highest BCUT2D eigenvalue weighted by atomic mass is 35.5. The molecular weight excluding hydrogens is 292 g/mol. The lowest BCUT2D eigenvalue weighted by Gasteiger charge is -2.13. The minimum absolute atomic E-state index is 0.0271. The molecule has 0 saturated carbocycles. The summed E-state index contributed by atoms with van der Waals surface area (Å²) in [5, 5.41) is 0.363. The SMILES string of the molecule is COc1cc(Cl)cc(C=O)c1OCCCS(C)(=O)=O. The monoisotopic (exact) mass is 306 g/mol. The first kappa shape index (κ1) is 15.8. The molecule has 0 aromatic heterocycles. The van der Waals surface area contributed by atoms with Crippen molar-refractivity contribution in [3.63, 3.8) is 0 Å². The predicted octanol–water partition coefficient (Wildman–Crippen LogP) is 1.97. The van der Waals surface area contributed by atoms with Gasteiger partial charge in [0.2, 0.25) is 0 Å². The van der Waals surface area contributed by atoms with Crippen LogP contribution in [-0.2, 0) is 9.84 Å². The van der Waals surface area contributed by atoms with Gasteiger partial charge in [-0.05, 0) is 12.5 Å². The van der Waals surface area contributed by atoms with Crippen LogP contribution in [0.25, 0.3) is 0 Å². The first-order chi connectivity index (χ1) is 8.87. The first-order valence-electron chi connectivity index (χ1n) is 5.50. The molecular formula is C12H15ClO5S. The molecule has 1 aromatic carbocycles. The lowest BCUT2D eigenvalue weighted by molar-refractivity contribution is 0.111. The smallest absolute Gasteiger partial charge is 0.171 e. The zero-order chi connectivity index (χ0) is 14.5. The molecule has 0 unspecified atom stereocenters. The third kappa shape index (κ3) is 5.08. The molecule has 7 heteroatoms. The van der Waals surface area contributed by atoms with Crippen molar-refractivity contribution in [3.05, 3.63) is 22.7 Å². The Hall–Kier alpha value is -1.27. The molecule has 0 atom stereocenters. The molecule has 0 N–H and O–H groups in total. The number of rotatable bonds is 7. The van der Waals surface area contributed by atoms with E-state index >= 15 is 0 Å². The summed E-state index contributed by atoms with van der Waals surface area (Å²) in [6, 6.07) is 2.99. The fourth-order valence-corrected chi connectivity index (χ4v) is 2.34. The summed E-state index contributed by atoms with van der Waals surface area (Å²) in [4.78, 5) is 10.9. The fourth-order valence-electron chi connectivity index (χ4n) is 1.48. The van der Waals surface area contributed by atoms with Crippen LogP contribution in [0.4, 0.5) is 0 Å². The van der Waals surface area contributed by atoms with Gasteiger partial charge in [-0.15, -0.1) is 0 Å². The Morgan fingerprint density at radius 2 is 2.05 bits per heavy atom. The summed E-state index contributed by atoms with van der Waals surface area (Å²) in [5.41, 5.74) is 0.267. The number of benzene rings is 1. The van der Waals surface area contributed by atoms with E-state index < -0.39 is 9.84 Å². The summed E-state index contributed by atoms with van der Waals surface area (Å²) in [6.07, 6.45) is 2.11. The number of hydrogen-bond acceptors (Lipinski definition) is 5. The van der Waals surface area contributed by atoms with E-state index in [9.17, 15) is 13.2 Å². The van der Waals surface area contributed by atoms with Gasteiger partial charge in [-0.2, -0.15) is 0 Å². The Morgan fingerprint density at radius 1 is 1.37 bits per heavy atom. The van der Waals surface area contributed by atoms with Crippen molar-refractivity contribution in [2.75, 3.05) is 25.7 Å². The summed E-state index contributed by atoms with van der Waals surface area (Å²) in [6.45, 7) is 0.173. The van der Waals surface area contributed by atoms with Crippen LogP contribution >= 0.6 is 11.6 Å². The number of ether oxygens (including phenoxy) is 2. The van der Waals surface area contributed by atoms with E-state index in [2.05, 4.69) is 0 Å². The van der Waals surface area contributed by atoms with E-state index in [4.69, 9.17) is 21.1 Å². The molecule has 0 fully saturated rings. The highest BCUT2D eigenvalue weighted by Gasteiger charge is 2.12. The highest BCUT2D eigenvalue weighted by molar-refractivity contribution is 7.90. The van der Waals surface area contributed by atoms with Gasteiger partial charge in [0.1, 0.15) is 9.84 Å². The van der Waals surface area contributed by atoms with Crippen LogP contribution in [-0.4, -0.2) is 40.4 Å². The topological polar surface area (TPSA) is 69.7 Å². The maximum Gasteiger partial charge on any atom is 0.171 e. The van der Waals surface area contributed by atoms with Crippen molar-refractivity contribution < 1.29 is 22.7 Å². The van der Waals surface area contributed by atoms with Gasteiger partial charge >= 0.3 is 0 Å². The molecule has 0 aliphatic carbocycles. The highest BCUT2D eigenvalue weighted by Crippen LogP contribution is 2.33. The summed E-state index contributed by atoms with van der Waals surface area (Å²) >= 11 is 5.83. The first-order valence-corrected chi connectivity index (χ1v) is 7.94. The lowest BCUT2D eigenvalue weighted by Crippen LogP contribution is -2.09. The van der Waals surface area contributed by atoms with E-state index in [1.165, 1.54) is 19.2 Å². The Bertz CT molecular complexity index is 553. The average molecular weight is 307 g/mol. The number of halogens is 1. The van der Waals surface area contributed by atoms with E-state index in [0.717, 1.165) is 6.26 Å². The Kier molecular flexibility index (Phi) is 5.62. The van der Waals surface area contributed by atoms with Crippen LogP contribution in [0.15, 0.2) is 12.1 Å². The number of methoxy groups -OCH3 is 1. The number of aldehydes is 1. The van der Waals surface area contributed by atoms with Crippen LogP contribution < -0.4 is 9.47 Å². The lowest BCUT2D eigenvalue weighted by atomic mass is 10.2. The zero-order valence-corrected chi connectivity index (χ0v) is 12.3. The van der Waals surface area contributed by atoms with Gasteiger partial charge in [0, 0.05) is 17.3 Å². The molecule has 5 nitrogen and oxygen atoms in total. The Labute approximate surface area is 117 Å². The van der Waals surface area contributed by atoms with Crippen molar-refractivity contribution in [2.24, 2.45) is 0 Å². The van der Waals surface area contributed by atoms with Crippen LogP contribution in [0.5, 0.6) is 11.5 Å². The molecule has 0 heterocycles. The maximum atomic E-state index is 11.0. The molecule has 0 aliphatic rings. The normalized spacial score (nSPS) is 11.1. The van der Waals surface area contributed by atoms with Gasteiger partial charge in [0.25, 0.3) is 0 Å². The summed E-state index contributed by atoms with van der Waals surface area (Å²) in [5.74, 6) is 0.642. The van der Waals surface area contributed by atoms with Gasteiger partial charge in [0.05, 0.1) is 25.0 Å². The minimum atomic E-state index is -3.02. The third-order valence-electron chi connectivity index (χ3n) is 2.30. The average Bonchev–Trinajstić information content (AvgIpc) is 2.33. The number of carbonyl (C=O) groups is 1. The van der Waals surface area contributed by atoms with Gasteiger partial charge < -0.3 is 9.47 Å². The molecule has 0 bridgehead atoms. The Balaban J connectivity index is 2.79. The Morgan fingerprint density at radius 3 is 2.58 bits per heavy atom. The van der Waals surface area contributed by atoms with Gasteiger partial charge in [-0.1, -0.05) is 11.6 Å². The molecule has 0 amide bonds. The summed E-state index contributed by atoms with van der Waals surface area (Å²) < 4.78 is 32.5. The standard InChI is InChI=1S/C12H15ClO5S/c1-17-11-7-10(13)6-9(8-14)12(11)18-4-3-5-19(2,15)16/h6-8H,3-5H2,1-2H3. The molecule has 0 aliphatic heterocycles. The van der Waals surface area contributed by atoms with Crippen LogP contribution in [0, 0.1) is 0 Å². The third-order valence-corrected chi connectivity index (χ3v) is 3.55. The second kappa shape index (κ2) is 6.77. The van der Waals surface area contributed by atoms with Crippen molar-refractivity contribution in [2.45, 2.75) is 6.42 Å². The van der Waals surface area contributed by atoms with E-state index in [1.54, 1.807) is 0 Å². The quantitative estimate of drug-likeness (QED) is 0.569. The predicted molar refractivity (Wildman–Crippen MR) is 73.2 cm³/mol. The summed E-state index contributed by atoms with van der Waals surface area (Å²) in [7, 11) is -1.58. The van der Waals surface area contributed by atoms with Crippen LogP contribution in [0.2, 0.25) is 5.02 Å². The zero-order valence-electron chi connectivity index (χ0n) is 10.7.